The fraction of sp³-hybridized carbons (Fsp3) is 0.333. The number of aryl methyl sites for hydroxylation is 1. The van der Waals surface area contributed by atoms with Crippen LogP contribution in [0.5, 0.6) is 0 Å². The molecule has 1 saturated carbocycles. The first-order chi connectivity index (χ1) is 17.0. The van der Waals surface area contributed by atoms with E-state index in [9.17, 15) is 14.4 Å². The van der Waals surface area contributed by atoms with Crippen molar-refractivity contribution >= 4 is 33.6 Å². The van der Waals surface area contributed by atoms with Crippen molar-refractivity contribution < 1.29 is 14.1 Å². The Morgan fingerprint density at radius 1 is 1.06 bits per heavy atom. The molecule has 0 radical (unpaired) electrons. The number of fused-ring (bicyclic) bond motifs is 3. The van der Waals surface area contributed by atoms with E-state index >= 15 is 0 Å². The number of pyridine rings is 1. The molecule has 0 spiro atoms. The topological polar surface area (TPSA) is 106 Å². The minimum absolute atomic E-state index is 0.0592. The normalized spacial score (nSPS) is 18.0. The minimum Gasteiger partial charge on any atom is -0.360 e. The average molecular weight is 473 g/mol. The lowest BCUT2D eigenvalue weighted by molar-refractivity contribution is 0.0938. The number of hydrogen-bond donors (Lipinski definition) is 2. The summed E-state index contributed by atoms with van der Waals surface area (Å²) in [5.41, 5.74) is 2.03. The van der Waals surface area contributed by atoms with Gasteiger partial charge < -0.3 is 19.7 Å². The van der Waals surface area contributed by atoms with Crippen molar-refractivity contribution in [3.8, 4) is 0 Å². The SMILES string of the molecule is CNC(=O)c1cccc2c1c1noc(C)c1c(=O)n2C1CCCC(CNC(=O)c2ccccc2)C1. The monoisotopic (exact) mass is 472 g/mol. The van der Waals surface area contributed by atoms with Gasteiger partial charge in [-0.15, -0.1) is 0 Å². The van der Waals surface area contributed by atoms with Gasteiger partial charge in [0.1, 0.15) is 16.7 Å². The van der Waals surface area contributed by atoms with E-state index < -0.39 is 0 Å². The van der Waals surface area contributed by atoms with Gasteiger partial charge in [0.2, 0.25) is 0 Å². The minimum atomic E-state index is -0.243. The number of nitrogens with zero attached hydrogens (tertiary/aromatic N) is 2. The van der Waals surface area contributed by atoms with Crippen molar-refractivity contribution in [3.05, 3.63) is 75.8 Å². The van der Waals surface area contributed by atoms with Crippen molar-refractivity contribution in [1.82, 2.24) is 20.4 Å². The van der Waals surface area contributed by atoms with Crippen LogP contribution < -0.4 is 16.2 Å². The Hall–Kier alpha value is -3.94. The van der Waals surface area contributed by atoms with Gasteiger partial charge in [0.15, 0.2) is 0 Å². The summed E-state index contributed by atoms with van der Waals surface area (Å²) in [5.74, 6) is 0.347. The second-order valence-electron chi connectivity index (χ2n) is 9.18. The first kappa shape index (κ1) is 22.8. The summed E-state index contributed by atoms with van der Waals surface area (Å²) in [6, 6.07) is 14.5. The van der Waals surface area contributed by atoms with Crippen molar-refractivity contribution in [2.45, 2.75) is 38.6 Å². The summed E-state index contributed by atoms with van der Waals surface area (Å²) in [6.45, 7) is 2.27. The van der Waals surface area contributed by atoms with Crippen LogP contribution in [0.1, 0.15) is 58.2 Å². The lowest BCUT2D eigenvalue weighted by Crippen LogP contribution is -2.35. The van der Waals surface area contributed by atoms with Gasteiger partial charge in [-0.25, -0.2) is 0 Å². The summed E-state index contributed by atoms with van der Waals surface area (Å²) in [7, 11) is 1.58. The Bertz CT molecular complexity index is 1470. The third-order valence-electron chi connectivity index (χ3n) is 7.01. The molecule has 8 heteroatoms. The third-order valence-corrected chi connectivity index (χ3v) is 7.01. The second kappa shape index (κ2) is 9.37. The number of carbonyl (C=O) groups excluding carboxylic acids is 2. The molecule has 5 rings (SSSR count). The molecule has 2 N–H and O–H groups in total. The zero-order chi connectivity index (χ0) is 24.5. The molecular formula is C27H28N4O4. The van der Waals surface area contributed by atoms with E-state index in [1.54, 1.807) is 38.2 Å². The zero-order valence-electron chi connectivity index (χ0n) is 19.8. The van der Waals surface area contributed by atoms with Gasteiger partial charge in [0, 0.05) is 30.6 Å². The predicted molar refractivity (Wildman–Crippen MR) is 134 cm³/mol. The van der Waals surface area contributed by atoms with Crippen molar-refractivity contribution in [2.24, 2.45) is 5.92 Å². The van der Waals surface area contributed by atoms with E-state index in [-0.39, 0.29) is 29.3 Å². The molecule has 8 nitrogen and oxygen atoms in total. The molecule has 180 valence electrons. The molecule has 1 aliphatic rings. The summed E-state index contributed by atoms with van der Waals surface area (Å²) in [4.78, 5) is 38.9. The molecule has 0 bridgehead atoms. The highest BCUT2D eigenvalue weighted by molar-refractivity contribution is 6.15. The van der Waals surface area contributed by atoms with Crippen LogP contribution in [0, 0.1) is 12.8 Å². The molecule has 1 fully saturated rings. The molecular weight excluding hydrogens is 444 g/mol. The van der Waals surface area contributed by atoms with Gasteiger partial charge in [0.25, 0.3) is 17.4 Å². The first-order valence-electron chi connectivity index (χ1n) is 12.0. The largest absolute Gasteiger partial charge is 0.360 e. The number of rotatable bonds is 5. The Balaban J connectivity index is 1.52. The highest BCUT2D eigenvalue weighted by Crippen LogP contribution is 2.36. The molecule has 2 aromatic heterocycles. The van der Waals surface area contributed by atoms with Crippen LogP contribution in [-0.2, 0) is 0 Å². The van der Waals surface area contributed by atoms with Crippen LogP contribution in [0.25, 0.3) is 21.8 Å². The Morgan fingerprint density at radius 2 is 1.86 bits per heavy atom. The van der Waals surface area contributed by atoms with Crippen LogP contribution in [0.4, 0.5) is 0 Å². The smallest absolute Gasteiger partial charge is 0.264 e. The molecule has 2 unspecified atom stereocenters. The average Bonchev–Trinajstić information content (AvgIpc) is 3.29. The number of amides is 2. The standard InChI is InChI=1S/C27H28N4O4/c1-16-22-24(30-35-16)23-20(26(33)28-2)12-7-13-21(23)31(27(22)34)19-11-6-8-17(14-19)15-29-25(32)18-9-4-3-5-10-18/h3-5,7,9-10,12-13,17,19H,6,8,11,14-15H2,1-2H3,(H,28,33)(H,29,32). The first-order valence-corrected chi connectivity index (χ1v) is 12.0. The Kier molecular flexibility index (Phi) is 6.11. The number of hydrogen-bond acceptors (Lipinski definition) is 5. The van der Waals surface area contributed by atoms with Crippen LogP contribution in [0.15, 0.2) is 57.8 Å². The van der Waals surface area contributed by atoms with Crippen LogP contribution in [0.3, 0.4) is 0 Å². The quantitative estimate of drug-likeness (QED) is 0.457. The lowest BCUT2D eigenvalue weighted by Gasteiger charge is -2.31. The van der Waals surface area contributed by atoms with Crippen LogP contribution >= 0.6 is 0 Å². The highest BCUT2D eigenvalue weighted by Gasteiger charge is 2.29. The lowest BCUT2D eigenvalue weighted by atomic mass is 9.85. The van der Waals surface area contributed by atoms with Crippen LogP contribution in [0.2, 0.25) is 0 Å². The molecule has 35 heavy (non-hydrogen) atoms. The molecule has 2 amide bonds. The number of benzene rings is 2. The van der Waals surface area contributed by atoms with E-state index in [0.717, 1.165) is 25.7 Å². The van der Waals surface area contributed by atoms with Crippen molar-refractivity contribution in [3.63, 3.8) is 0 Å². The van der Waals surface area contributed by atoms with Gasteiger partial charge in [-0.2, -0.15) is 0 Å². The van der Waals surface area contributed by atoms with E-state index in [0.29, 0.717) is 45.2 Å². The van der Waals surface area contributed by atoms with Gasteiger partial charge in [0.05, 0.1) is 11.1 Å². The third kappa shape index (κ3) is 4.09. The van der Waals surface area contributed by atoms with Crippen molar-refractivity contribution in [1.29, 1.82) is 0 Å². The molecule has 1 aliphatic carbocycles. The second-order valence-corrected chi connectivity index (χ2v) is 9.18. The summed E-state index contributed by atoms with van der Waals surface area (Å²) < 4.78 is 7.22. The molecule has 2 aromatic carbocycles. The van der Waals surface area contributed by atoms with Gasteiger partial charge in [-0.05, 0) is 56.4 Å². The molecule has 0 aliphatic heterocycles. The van der Waals surface area contributed by atoms with Crippen molar-refractivity contribution in [2.75, 3.05) is 13.6 Å². The molecule has 2 atom stereocenters. The predicted octanol–water partition coefficient (Wildman–Crippen LogP) is 3.97. The summed E-state index contributed by atoms with van der Waals surface area (Å²) in [5, 5.41) is 10.9. The van der Waals surface area contributed by atoms with Gasteiger partial charge >= 0.3 is 0 Å². The van der Waals surface area contributed by atoms with Gasteiger partial charge in [-0.3, -0.25) is 14.4 Å². The maximum absolute atomic E-state index is 13.7. The van der Waals surface area contributed by atoms with E-state index in [1.807, 2.05) is 28.8 Å². The molecule has 4 aromatic rings. The highest BCUT2D eigenvalue weighted by atomic mass is 16.5. The summed E-state index contributed by atoms with van der Waals surface area (Å²) >= 11 is 0. The number of carbonyl (C=O) groups is 2. The Labute approximate surface area is 202 Å². The Morgan fingerprint density at radius 3 is 2.63 bits per heavy atom. The zero-order valence-corrected chi connectivity index (χ0v) is 19.8. The fourth-order valence-electron chi connectivity index (χ4n) is 5.31. The van der Waals surface area contributed by atoms with E-state index in [1.165, 1.54) is 0 Å². The molecule has 0 saturated heterocycles. The van der Waals surface area contributed by atoms with E-state index in [4.69, 9.17) is 4.52 Å². The van der Waals surface area contributed by atoms with Gasteiger partial charge in [-0.1, -0.05) is 35.8 Å². The van der Waals surface area contributed by atoms with Crippen LogP contribution in [-0.4, -0.2) is 35.1 Å². The number of aromatic nitrogens is 2. The van der Waals surface area contributed by atoms with E-state index in [2.05, 4.69) is 15.8 Å². The maximum Gasteiger partial charge on any atom is 0.264 e. The number of nitrogens with one attached hydrogen (secondary N) is 2. The summed E-state index contributed by atoms with van der Waals surface area (Å²) in [6.07, 6.45) is 3.53. The fourth-order valence-corrected chi connectivity index (χ4v) is 5.31. The maximum atomic E-state index is 13.7. The molecule has 2 heterocycles.